The van der Waals surface area contributed by atoms with Crippen LogP contribution in [0.3, 0.4) is 0 Å². The fourth-order valence-electron chi connectivity index (χ4n) is 0.727. The molecule has 1 aromatic rings. The lowest BCUT2D eigenvalue weighted by Crippen LogP contribution is -1.79. The lowest BCUT2D eigenvalue weighted by atomic mass is 10.3. The lowest BCUT2D eigenvalue weighted by molar-refractivity contribution is 0.479. The number of allylic oxidation sites excluding steroid dienone is 1. The van der Waals surface area contributed by atoms with E-state index >= 15 is 0 Å². The van der Waals surface area contributed by atoms with Crippen molar-refractivity contribution < 1.29 is 4.74 Å². The van der Waals surface area contributed by atoms with Crippen molar-refractivity contribution >= 4 is 0 Å². The number of hydrogen-bond acceptors (Lipinski definition) is 2. The summed E-state index contributed by atoms with van der Waals surface area (Å²) >= 11 is 0. The molecule has 0 atom stereocenters. The van der Waals surface area contributed by atoms with E-state index in [-0.39, 0.29) is 0 Å². The van der Waals surface area contributed by atoms with Gasteiger partial charge in [-0.05, 0) is 18.2 Å². The molecule has 1 aromatic carbocycles. The van der Waals surface area contributed by atoms with E-state index in [1.165, 1.54) is 6.26 Å². The summed E-state index contributed by atoms with van der Waals surface area (Å²) in [5.74, 6) is 0.784. The number of para-hydroxylation sites is 1. The second-order valence-corrected chi connectivity index (χ2v) is 2.16. The summed E-state index contributed by atoms with van der Waals surface area (Å²) < 4.78 is 5.18. The fraction of sp³-hybridized carbons (Fsp3) is 0.100. The molecule has 0 N–H and O–H groups in total. The van der Waals surface area contributed by atoms with Crippen LogP contribution in [-0.4, -0.2) is 0 Å². The molecule has 0 aromatic heterocycles. The minimum atomic E-state index is 0.382. The van der Waals surface area contributed by atoms with Crippen LogP contribution in [0.25, 0.3) is 0 Å². The molecule has 0 saturated heterocycles. The first-order chi connectivity index (χ1) is 5.93. The van der Waals surface area contributed by atoms with Crippen molar-refractivity contribution in [3.05, 3.63) is 42.7 Å². The molecule has 0 fully saturated rings. The molecule has 0 aliphatic carbocycles. The number of nitriles is 1. The monoisotopic (exact) mass is 159 g/mol. The highest BCUT2D eigenvalue weighted by Gasteiger charge is 1.84. The molecule has 2 nitrogen and oxygen atoms in total. The third-order valence-electron chi connectivity index (χ3n) is 1.25. The summed E-state index contributed by atoms with van der Waals surface area (Å²) in [6.45, 7) is 0. The molecular formula is C10H9NO. The van der Waals surface area contributed by atoms with Gasteiger partial charge in [-0.1, -0.05) is 18.2 Å². The van der Waals surface area contributed by atoms with Gasteiger partial charge in [-0.15, -0.1) is 0 Å². The highest BCUT2D eigenvalue weighted by molar-refractivity contribution is 5.21. The predicted octanol–water partition coefficient (Wildman–Crippen LogP) is 2.49. The van der Waals surface area contributed by atoms with Gasteiger partial charge in [0, 0.05) is 0 Å². The Bertz CT molecular complexity index is 284. The average Bonchev–Trinajstić information content (AvgIpc) is 2.14. The van der Waals surface area contributed by atoms with Crippen LogP contribution >= 0.6 is 0 Å². The molecule has 0 bridgehead atoms. The van der Waals surface area contributed by atoms with Gasteiger partial charge in [0.05, 0.1) is 18.8 Å². The van der Waals surface area contributed by atoms with Gasteiger partial charge in [-0.25, -0.2) is 0 Å². The summed E-state index contributed by atoms with van der Waals surface area (Å²) in [6, 6.07) is 11.4. The van der Waals surface area contributed by atoms with E-state index < -0.39 is 0 Å². The molecule has 0 aliphatic heterocycles. The maximum Gasteiger partial charge on any atom is 0.126 e. The normalized spacial score (nSPS) is 9.58. The maximum absolute atomic E-state index is 8.21. The van der Waals surface area contributed by atoms with E-state index in [1.54, 1.807) is 6.08 Å². The second-order valence-electron chi connectivity index (χ2n) is 2.16. The largest absolute Gasteiger partial charge is 0.465 e. The van der Waals surface area contributed by atoms with Crippen LogP contribution in [0.15, 0.2) is 42.7 Å². The molecule has 12 heavy (non-hydrogen) atoms. The third-order valence-corrected chi connectivity index (χ3v) is 1.25. The van der Waals surface area contributed by atoms with Crippen LogP contribution in [0.5, 0.6) is 5.75 Å². The number of nitrogens with zero attached hydrogens (tertiary/aromatic N) is 1. The van der Waals surface area contributed by atoms with Crippen LogP contribution in [0.2, 0.25) is 0 Å². The highest BCUT2D eigenvalue weighted by Crippen LogP contribution is 2.08. The SMILES string of the molecule is N#CC/C=C/Oc1ccccc1. The van der Waals surface area contributed by atoms with Gasteiger partial charge in [-0.2, -0.15) is 5.26 Å². The van der Waals surface area contributed by atoms with Gasteiger partial charge >= 0.3 is 0 Å². The predicted molar refractivity (Wildman–Crippen MR) is 46.4 cm³/mol. The Kier molecular flexibility index (Phi) is 3.46. The maximum atomic E-state index is 8.21. The topological polar surface area (TPSA) is 33.0 Å². The summed E-state index contributed by atoms with van der Waals surface area (Å²) in [5.41, 5.74) is 0. The van der Waals surface area contributed by atoms with Crippen molar-refractivity contribution in [1.82, 2.24) is 0 Å². The van der Waals surface area contributed by atoms with Crippen molar-refractivity contribution in [2.45, 2.75) is 6.42 Å². The lowest BCUT2D eigenvalue weighted by Gasteiger charge is -1.96. The molecule has 0 saturated carbocycles. The van der Waals surface area contributed by atoms with E-state index in [2.05, 4.69) is 0 Å². The zero-order valence-corrected chi connectivity index (χ0v) is 6.60. The van der Waals surface area contributed by atoms with Gasteiger partial charge in [0.25, 0.3) is 0 Å². The summed E-state index contributed by atoms with van der Waals surface area (Å²) in [6.07, 6.45) is 3.58. The quantitative estimate of drug-likeness (QED) is 0.635. The average molecular weight is 159 g/mol. The van der Waals surface area contributed by atoms with E-state index in [0.29, 0.717) is 6.42 Å². The zero-order chi connectivity index (χ0) is 8.65. The Morgan fingerprint density at radius 2 is 2.08 bits per heavy atom. The van der Waals surface area contributed by atoms with Crippen LogP contribution < -0.4 is 4.74 Å². The highest BCUT2D eigenvalue weighted by atomic mass is 16.5. The van der Waals surface area contributed by atoms with Crippen molar-refractivity contribution in [2.75, 3.05) is 0 Å². The fourth-order valence-corrected chi connectivity index (χ4v) is 0.727. The molecule has 60 valence electrons. The number of rotatable bonds is 3. The Morgan fingerprint density at radius 1 is 1.33 bits per heavy atom. The zero-order valence-electron chi connectivity index (χ0n) is 6.60. The van der Waals surface area contributed by atoms with E-state index in [1.807, 2.05) is 36.4 Å². The van der Waals surface area contributed by atoms with Crippen molar-refractivity contribution in [3.8, 4) is 11.8 Å². The van der Waals surface area contributed by atoms with Crippen LogP contribution in [-0.2, 0) is 0 Å². The Balaban J connectivity index is 2.39. The van der Waals surface area contributed by atoms with Gasteiger partial charge in [0.1, 0.15) is 5.75 Å². The Labute approximate surface area is 71.7 Å². The van der Waals surface area contributed by atoms with Gasteiger partial charge in [0.2, 0.25) is 0 Å². The third kappa shape index (κ3) is 2.89. The standard InChI is InChI=1S/C10H9NO/c11-8-4-5-9-12-10-6-2-1-3-7-10/h1-3,5-7,9H,4H2/b9-5+. The summed E-state index contributed by atoms with van der Waals surface area (Å²) in [7, 11) is 0. The number of ether oxygens (including phenoxy) is 1. The first kappa shape index (κ1) is 8.35. The number of hydrogen-bond donors (Lipinski definition) is 0. The molecule has 1 rings (SSSR count). The first-order valence-corrected chi connectivity index (χ1v) is 3.67. The van der Waals surface area contributed by atoms with Gasteiger partial charge in [-0.3, -0.25) is 0 Å². The van der Waals surface area contributed by atoms with E-state index in [9.17, 15) is 0 Å². The minimum Gasteiger partial charge on any atom is -0.465 e. The van der Waals surface area contributed by atoms with Gasteiger partial charge < -0.3 is 4.74 Å². The van der Waals surface area contributed by atoms with Gasteiger partial charge in [0.15, 0.2) is 0 Å². The van der Waals surface area contributed by atoms with Crippen molar-refractivity contribution in [1.29, 1.82) is 5.26 Å². The molecular weight excluding hydrogens is 150 g/mol. The molecule has 0 heterocycles. The summed E-state index contributed by atoms with van der Waals surface area (Å²) in [4.78, 5) is 0. The van der Waals surface area contributed by atoms with Crippen molar-refractivity contribution in [3.63, 3.8) is 0 Å². The van der Waals surface area contributed by atoms with Crippen LogP contribution in [0.1, 0.15) is 6.42 Å². The second kappa shape index (κ2) is 4.97. The molecule has 0 unspecified atom stereocenters. The van der Waals surface area contributed by atoms with E-state index in [0.717, 1.165) is 5.75 Å². The molecule has 0 aliphatic rings. The Hall–Kier alpha value is -1.75. The molecule has 0 spiro atoms. The molecule has 2 heteroatoms. The Morgan fingerprint density at radius 3 is 2.75 bits per heavy atom. The summed E-state index contributed by atoms with van der Waals surface area (Å²) in [5, 5.41) is 8.21. The first-order valence-electron chi connectivity index (χ1n) is 3.67. The van der Waals surface area contributed by atoms with Crippen LogP contribution in [0, 0.1) is 11.3 Å². The minimum absolute atomic E-state index is 0.382. The number of benzene rings is 1. The molecule has 0 amide bonds. The van der Waals surface area contributed by atoms with E-state index in [4.69, 9.17) is 10.00 Å². The molecule has 0 radical (unpaired) electrons. The smallest absolute Gasteiger partial charge is 0.126 e. The van der Waals surface area contributed by atoms with Crippen molar-refractivity contribution in [2.24, 2.45) is 0 Å². The van der Waals surface area contributed by atoms with Crippen LogP contribution in [0.4, 0.5) is 0 Å².